The summed E-state index contributed by atoms with van der Waals surface area (Å²) in [6.45, 7) is 0. The lowest BCUT2D eigenvalue weighted by Crippen LogP contribution is -1.97. The van der Waals surface area contributed by atoms with Gasteiger partial charge in [-0.15, -0.1) is 24.8 Å². The van der Waals surface area contributed by atoms with E-state index in [1.54, 1.807) is 17.1 Å². The molecular formula is C11H10Cl2N4. The van der Waals surface area contributed by atoms with Crippen LogP contribution in [0.3, 0.4) is 0 Å². The summed E-state index contributed by atoms with van der Waals surface area (Å²) < 4.78 is 1.78. The number of hydrogen-bond acceptors (Lipinski definition) is 3. The zero-order chi connectivity index (χ0) is 10.1. The summed E-state index contributed by atoms with van der Waals surface area (Å²) in [6, 6.07) is 7.90. The molecule has 3 aromatic rings. The summed E-state index contributed by atoms with van der Waals surface area (Å²) in [4.78, 5) is 12.7. The number of halogens is 2. The highest BCUT2D eigenvalue weighted by atomic mass is 35.5. The fourth-order valence-electron chi connectivity index (χ4n) is 1.46. The van der Waals surface area contributed by atoms with E-state index in [0.717, 1.165) is 10.9 Å². The van der Waals surface area contributed by atoms with Gasteiger partial charge in [0.05, 0.1) is 5.52 Å². The van der Waals surface area contributed by atoms with Crippen molar-refractivity contribution in [3.8, 4) is 5.95 Å². The maximum atomic E-state index is 4.43. The first-order chi connectivity index (χ1) is 7.43. The van der Waals surface area contributed by atoms with E-state index in [1.807, 2.05) is 36.7 Å². The molecule has 6 heteroatoms. The van der Waals surface area contributed by atoms with E-state index >= 15 is 0 Å². The minimum absolute atomic E-state index is 0. The van der Waals surface area contributed by atoms with Crippen molar-refractivity contribution in [2.24, 2.45) is 0 Å². The number of aromatic nitrogens is 4. The average Bonchev–Trinajstić information content (AvgIpc) is 2.82. The molecule has 88 valence electrons. The Morgan fingerprint density at radius 3 is 2.65 bits per heavy atom. The smallest absolute Gasteiger partial charge is 0.235 e. The first-order valence-corrected chi connectivity index (χ1v) is 4.63. The van der Waals surface area contributed by atoms with E-state index in [-0.39, 0.29) is 24.8 Å². The van der Waals surface area contributed by atoms with E-state index in [0.29, 0.717) is 5.95 Å². The SMILES string of the molecule is Cl.Cl.c1ccc2nc(-n3ccnc3)ncc2c1. The van der Waals surface area contributed by atoms with Gasteiger partial charge < -0.3 is 0 Å². The lowest BCUT2D eigenvalue weighted by atomic mass is 10.2. The zero-order valence-electron chi connectivity index (χ0n) is 8.72. The van der Waals surface area contributed by atoms with Gasteiger partial charge in [0.25, 0.3) is 0 Å². The van der Waals surface area contributed by atoms with Crippen LogP contribution in [-0.4, -0.2) is 19.5 Å². The minimum Gasteiger partial charge on any atom is -0.274 e. The van der Waals surface area contributed by atoms with Gasteiger partial charge in [0.2, 0.25) is 5.95 Å². The Kier molecular flexibility index (Phi) is 4.43. The summed E-state index contributed by atoms with van der Waals surface area (Å²) in [6.07, 6.45) is 7.03. The second-order valence-corrected chi connectivity index (χ2v) is 3.20. The van der Waals surface area contributed by atoms with Crippen molar-refractivity contribution in [1.82, 2.24) is 19.5 Å². The highest BCUT2D eigenvalue weighted by Crippen LogP contribution is 2.11. The standard InChI is InChI=1S/C11H8N4.2ClH/c1-2-4-10-9(3-1)7-13-11(14-10)15-6-5-12-8-15;;/h1-8H;2*1H. The van der Waals surface area contributed by atoms with Gasteiger partial charge in [-0.2, -0.15) is 0 Å². The molecule has 2 heterocycles. The van der Waals surface area contributed by atoms with Gasteiger partial charge in [-0.25, -0.2) is 15.0 Å². The molecule has 0 aliphatic rings. The van der Waals surface area contributed by atoms with Crippen LogP contribution in [0.5, 0.6) is 0 Å². The van der Waals surface area contributed by atoms with Crippen molar-refractivity contribution < 1.29 is 0 Å². The molecule has 0 fully saturated rings. The van der Waals surface area contributed by atoms with Crippen LogP contribution < -0.4 is 0 Å². The topological polar surface area (TPSA) is 43.6 Å². The summed E-state index contributed by atoms with van der Waals surface area (Å²) in [5.41, 5.74) is 0.941. The van der Waals surface area contributed by atoms with Crippen LogP contribution in [0.2, 0.25) is 0 Å². The highest BCUT2D eigenvalue weighted by Gasteiger charge is 2.00. The number of para-hydroxylation sites is 1. The van der Waals surface area contributed by atoms with E-state index in [4.69, 9.17) is 0 Å². The molecule has 0 bridgehead atoms. The lowest BCUT2D eigenvalue weighted by molar-refractivity contribution is 0.941. The third kappa shape index (κ3) is 2.54. The average molecular weight is 269 g/mol. The van der Waals surface area contributed by atoms with Gasteiger partial charge in [0.15, 0.2) is 0 Å². The van der Waals surface area contributed by atoms with E-state index < -0.39 is 0 Å². The Morgan fingerprint density at radius 2 is 1.88 bits per heavy atom. The van der Waals surface area contributed by atoms with Crippen molar-refractivity contribution in [1.29, 1.82) is 0 Å². The first-order valence-electron chi connectivity index (χ1n) is 4.63. The summed E-state index contributed by atoms with van der Waals surface area (Å²) in [5.74, 6) is 0.645. The van der Waals surface area contributed by atoms with Crippen molar-refractivity contribution >= 4 is 35.7 Å². The Bertz CT molecular complexity index is 595. The molecule has 3 rings (SSSR count). The van der Waals surface area contributed by atoms with Crippen LogP contribution in [0.15, 0.2) is 49.2 Å². The molecule has 0 saturated heterocycles. The number of benzene rings is 1. The number of rotatable bonds is 1. The van der Waals surface area contributed by atoms with Crippen molar-refractivity contribution in [3.05, 3.63) is 49.2 Å². The molecule has 0 aliphatic heterocycles. The van der Waals surface area contributed by atoms with E-state index in [1.165, 1.54) is 0 Å². The van der Waals surface area contributed by atoms with Crippen LogP contribution in [0.25, 0.3) is 16.9 Å². The maximum Gasteiger partial charge on any atom is 0.235 e. The Morgan fingerprint density at radius 1 is 1.06 bits per heavy atom. The van der Waals surface area contributed by atoms with Gasteiger partial charge in [-0.3, -0.25) is 4.57 Å². The van der Waals surface area contributed by atoms with Crippen LogP contribution >= 0.6 is 24.8 Å². The fourth-order valence-corrected chi connectivity index (χ4v) is 1.46. The molecule has 0 amide bonds. The van der Waals surface area contributed by atoms with Crippen LogP contribution in [0, 0.1) is 0 Å². The van der Waals surface area contributed by atoms with Gasteiger partial charge >= 0.3 is 0 Å². The zero-order valence-corrected chi connectivity index (χ0v) is 10.4. The third-order valence-electron chi connectivity index (χ3n) is 2.21. The number of nitrogens with zero attached hydrogens (tertiary/aromatic N) is 4. The highest BCUT2D eigenvalue weighted by molar-refractivity contribution is 5.85. The molecule has 0 radical (unpaired) electrons. The molecule has 0 atom stereocenters. The summed E-state index contributed by atoms with van der Waals surface area (Å²) >= 11 is 0. The first kappa shape index (κ1) is 13.4. The quantitative estimate of drug-likeness (QED) is 0.682. The predicted molar refractivity (Wildman–Crippen MR) is 71.2 cm³/mol. The summed E-state index contributed by atoms with van der Waals surface area (Å²) in [7, 11) is 0. The monoisotopic (exact) mass is 268 g/mol. The molecule has 4 nitrogen and oxygen atoms in total. The minimum atomic E-state index is 0. The van der Waals surface area contributed by atoms with Crippen molar-refractivity contribution in [3.63, 3.8) is 0 Å². The summed E-state index contributed by atoms with van der Waals surface area (Å²) in [5, 5.41) is 1.04. The van der Waals surface area contributed by atoms with Crippen LogP contribution in [0.4, 0.5) is 0 Å². The lowest BCUT2D eigenvalue weighted by Gasteiger charge is -2.01. The van der Waals surface area contributed by atoms with Gasteiger partial charge in [0.1, 0.15) is 6.33 Å². The van der Waals surface area contributed by atoms with Gasteiger partial charge in [-0.05, 0) is 6.07 Å². The van der Waals surface area contributed by atoms with E-state index in [2.05, 4.69) is 15.0 Å². The Balaban J connectivity index is 0.000000722. The van der Waals surface area contributed by atoms with Gasteiger partial charge in [0, 0.05) is 24.0 Å². The third-order valence-corrected chi connectivity index (χ3v) is 2.21. The Hall–Kier alpha value is -1.65. The fraction of sp³-hybridized carbons (Fsp3) is 0. The molecule has 0 unspecified atom stereocenters. The molecular weight excluding hydrogens is 259 g/mol. The molecule has 2 aromatic heterocycles. The molecule has 0 N–H and O–H groups in total. The Labute approximate surface area is 111 Å². The number of imidazole rings is 1. The molecule has 1 aromatic carbocycles. The van der Waals surface area contributed by atoms with E-state index in [9.17, 15) is 0 Å². The predicted octanol–water partition coefficient (Wildman–Crippen LogP) is 2.66. The molecule has 17 heavy (non-hydrogen) atoms. The second kappa shape index (κ2) is 5.61. The molecule has 0 spiro atoms. The normalized spacial score (nSPS) is 9.41. The van der Waals surface area contributed by atoms with Crippen molar-refractivity contribution in [2.75, 3.05) is 0 Å². The molecule has 0 saturated carbocycles. The second-order valence-electron chi connectivity index (χ2n) is 3.20. The van der Waals surface area contributed by atoms with Crippen LogP contribution in [-0.2, 0) is 0 Å². The number of fused-ring (bicyclic) bond motifs is 1. The maximum absolute atomic E-state index is 4.43. The van der Waals surface area contributed by atoms with Gasteiger partial charge in [-0.1, -0.05) is 18.2 Å². The largest absolute Gasteiger partial charge is 0.274 e. The van der Waals surface area contributed by atoms with Crippen LogP contribution in [0.1, 0.15) is 0 Å². The van der Waals surface area contributed by atoms with Crippen molar-refractivity contribution in [2.45, 2.75) is 0 Å². The number of hydrogen-bond donors (Lipinski definition) is 0. The molecule has 0 aliphatic carbocycles.